The van der Waals surface area contributed by atoms with Crippen LogP contribution < -0.4 is 5.32 Å². The van der Waals surface area contributed by atoms with Crippen LogP contribution in [0.1, 0.15) is 40.5 Å². The van der Waals surface area contributed by atoms with Crippen molar-refractivity contribution in [3.63, 3.8) is 0 Å². The van der Waals surface area contributed by atoms with E-state index in [1.165, 1.54) is 0 Å². The van der Waals surface area contributed by atoms with E-state index in [2.05, 4.69) is 12.2 Å². The van der Waals surface area contributed by atoms with Crippen molar-refractivity contribution < 1.29 is 9.59 Å². The summed E-state index contributed by atoms with van der Waals surface area (Å²) in [7, 11) is 0. The van der Waals surface area contributed by atoms with Crippen LogP contribution >= 0.6 is 11.8 Å². The highest BCUT2D eigenvalue weighted by Gasteiger charge is 2.47. The van der Waals surface area contributed by atoms with Crippen molar-refractivity contribution in [3.8, 4) is 0 Å². The number of rotatable bonds is 5. The van der Waals surface area contributed by atoms with Gasteiger partial charge in [0.1, 0.15) is 11.6 Å². The van der Waals surface area contributed by atoms with Crippen molar-refractivity contribution in [2.24, 2.45) is 0 Å². The normalized spacial score (nSPS) is 24.9. The van der Waals surface area contributed by atoms with Gasteiger partial charge in [-0.05, 0) is 26.0 Å². The number of thioether (sulfide) groups is 1. The van der Waals surface area contributed by atoms with Crippen molar-refractivity contribution in [2.45, 2.75) is 57.4 Å². The van der Waals surface area contributed by atoms with Gasteiger partial charge in [0.2, 0.25) is 11.8 Å². The fourth-order valence-corrected chi connectivity index (χ4v) is 2.62. The molecule has 1 heterocycles. The number of hydrogen-bond acceptors (Lipinski definition) is 3. The van der Waals surface area contributed by atoms with Gasteiger partial charge in [-0.15, -0.1) is 0 Å². The monoisotopic (exact) mass is 272 g/mol. The molecule has 1 N–H and O–H groups in total. The molecule has 1 fully saturated rings. The maximum absolute atomic E-state index is 12.6. The van der Waals surface area contributed by atoms with Gasteiger partial charge in [0.15, 0.2) is 0 Å². The van der Waals surface area contributed by atoms with Crippen molar-refractivity contribution in [1.82, 2.24) is 10.2 Å². The maximum atomic E-state index is 12.6. The standard InChI is InChI=1S/C13H24N2O2S/c1-6-13(7-2)12(17)15(8-9(3)18-5)10(4)11(16)14-13/h9-10H,6-8H2,1-5H3,(H,14,16). The first-order chi connectivity index (χ1) is 8.41. The van der Waals surface area contributed by atoms with E-state index in [9.17, 15) is 9.59 Å². The number of carbonyl (C=O) groups is 2. The van der Waals surface area contributed by atoms with E-state index in [0.717, 1.165) is 0 Å². The third-order valence-corrected chi connectivity index (χ3v) is 4.90. The fourth-order valence-electron chi connectivity index (χ4n) is 2.31. The minimum atomic E-state index is -0.693. The summed E-state index contributed by atoms with van der Waals surface area (Å²) in [6.07, 6.45) is 3.31. The van der Waals surface area contributed by atoms with Gasteiger partial charge in [0, 0.05) is 11.8 Å². The molecule has 2 unspecified atom stereocenters. The van der Waals surface area contributed by atoms with E-state index in [1.807, 2.05) is 20.1 Å². The average Bonchev–Trinajstić information content (AvgIpc) is 2.38. The highest BCUT2D eigenvalue weighted by atomic mass is 32.2. The summed E-state index contributed by atoms with van der Waals surface area (Å²) < 4.78 is 0. The molecule has 1 aliphatic rings. The van der Waals surface area contributed by atoms with Crippen molar-refractivity contribution in [3.05, 3.63) is 0 Å². The number of nitrogens with zero attached hydrogens (tertiary/aromatic N) is 1. The third-order valence-electron chi connectivity index (χ3n) is 3.94. The maximum Gasteiger partial charge on any atom is 0.249 e. The Bertz CT molecular complexity index is 329. The molecule has 2 amide bonds. The molecule has 0 aromatic carbocycles. The molecule has 18 heavy (non-hydrogen) atoms. The Balaban J connectivity index is 2.99. The Hall–Kier alpha value is -0.710. The van der Waals surface area contributed by atoms with Crippen LogP contribution in [0.25, 0.3) is 0 Å². The number of hydrogen-bond donors (Lipinski definition) is 1. The zero-order chi connectivity index (χ0) is 13.9. The molecule has 1 rings (SSSR count). The lowest BCUT2D eigenvalue weighted by molar-refractivity contribution is -0.154. The molecule has 1 aliphatic heterocycles. The number of carbonyl (C=O) groups excluding carboxylic acids is 2. The van der Waals surface area contributed by atoms with Gasteiger partial charge >= 0.3 is 0 Å². The van der Waals surface area contributed by atoms with Crippen LogP contribution in [0, 0.1) is 0 Å². The van der Waals surface area contributed by atoms with E-state index in [1.54, 1.807) is 23.6 Å². The summed E-state index contributed by atoms with van der Waals surface area (Å²) in [5, 5.41) is 3.25. The molecule has 0 aromatic rings. The quantitative estimate of drug-likeness (QED) is 0.828. The lowest BCUT2D eigenvalue weighted by atomic mass is 9.87. The largest absolute Gasteiger partial charge is 0.340 e. The van der Waals surface area contributed by atoms with Crippen LogP contribution in [-0.4, -0.2) is 46.3 Å². The van der Waals surface area contributed by atoms with Crippen LogP contribution in [0.5, 0.6) is 0 Å². The van der Waals surface area contributed by atoms with Crippen LogP contribution in [-0.2, 0) is 9.59 Å². The molecule has 0 aromatic heterocycles. The minimum absolute atomic E-state index is 0.0356. The van der Waals surface area contributed by atoms with Crippen LogP contribution in [0.3, 0.4) is 0 Å². The summed E-state index contributed by atoms with van der Waals surface area (Å²) in [5.41, 5.74) is -0.693. The molecule has 0 aliphatic carbocycles. The van der Waals surface area contributed by atoms with E-state index < -0.39 is 5.54 Å². The first-order valence-electron chi connectivity index (χ1n) is 6.57. The van der Waals surface area contributed by atoms with E-state index in [0.29, 0.717) is 24.6 Å². The number of amides is 2. The van der Waals surface area contributed by atoms with Gasteiger partial charge in [0.25, 0.3) is 0 Å². The topological polar surface area (TPSA) is 49.4 Å². The van der Waals surface area contributed by atoms with Gasteiger partial charge in [-0.2, -0.15) is 11.8 Å². The smallest absolute Gasteiger partial charge is 0.249 e. The molecule has 0 bridgehead atoms. The highest BCUT2D eigenvalue weighted by molar-refractivity contribution is 7.99. The lowest BCUT2D eigenvalue weighted by Gasteiger charge is -2.45. The van der Waals surface area contributed by atoms with Crippen molar-refractivity contribution >= 4 is 23.6 Å². The molecular formula is C13H24N2O2S. The van der Waals surface area contributed by atoms with Gasteiger partial charge in [-0.1, -0.05) is 20.8 Å². The summed E-state index contributed by atoms with van der Waals surface area (Å²) in [4.78, 5) is 26.4. The molecule has 4 nitrogen and oxygen atoms in total. The molecular weight excluding hydrogens is 248 g/mol. The zero-order valence-electron chi connectivity index (χ0n) is 11.9. The van der Waals surface area contributed by atoms with Crippen LogP contribution in [0.15, 0.2) is 0 Å². The molecule has 5 heteroatoms. The zero-order valence-corrected chi connectivity index (χ0v) is 12.8. The second-order valence-corrected chi connectivity index (χ2v) is 6.23. The molecule has 104 valence electrons. The van der Waals surface area contributed by atoms with Crippen molar-refractivity contribution in [2.75, 3.05) is 12.8 Å². The Morgan fingerprint density at radius 3 is 2.39 bits per heavy atom. The molecule has 0 saturated carbocycles. The molecule has 0 spiro atoms. The summed E-state index contributed by atoms with van der Waals surface area (Å²) >= 11 is 1.71. The summed E-state index contributed by atoms with van der Waals surface area (Å²) in [6.45, 7) is 8.42. The summed E-state index contributed by atoms with van der Waals surface area (Å²) in [5.74, 6) is 0.0344. The second-order valence-electron chi connectivity index (χ2n) is 4.96. The van der Waals surface area contributed by atoms with Gasteiger partial charge in [0.05, 0.1) is 0 Å². The average molecular weight is 272 g/mol. The molecule has 2 atom stereocenters. The van der Waals surface area contributed by atoms with E-state index in [4.69, 9.17) is 0 Å². The second kappa shape index (κ2) is 5.95. The lowest BCUT2D eigenvalue weighted by Crippen LogP contribution is -2.69. The number of piperazine rings is 1. The van der Waals surface area contributed by atoms with Gasteiger partial charge in [-0.25, -0.2) is 0 Å². The Morgan fingerprint density at radius 1 is 1.39 bits per heavy atom. The Labute approximate surface area is 114 Å². The first kappa shape index (κ1) is 15.3. The first-order valence-corrected chi connectivity index (χ1v) is 7.86. The highest BCUT2D eigenvalue weighted by Crippen LogP contribution is 2.26. The summed E-state index contributed by atoms with van der Waals surface area (Å²) in [6, 6.07) is -0.363. The van der Waals surface area contributed by atoms with Gasteiger partial charge in [-0.3, -0.25) is 9.59 Å². The minimum Gasteiger partial charge on any atom is -0.340 e. The van der Waals surface area contributed by atoms with Gasteiger partial charge < -0.3 is 10.2 Å². The van der Waals surface area contributed by atoms with E-state index >= 15 is 0 Å². The number of nitrogens with one attached hydrogen (secondary N) is 1. The predicted octanol–water partition coefficient (Wildman–Crippen LogP) is 1.64. The Morgan fingerprint density at radius 2 is 1.94 bits per heavy atom. The molecule has 1 saturated heterocycles. The van der Waals surface area contributed by atoms with Crippen LogP contribution in [0.4, 0.5) is 0 Å². The SMILES string of the molecule is CCC1(CC)NC(=O)C(C)N(CC(C)SC)C1=O. The molecule has 0 radical (unpaired) electrons. The van der Waals surface area contributed by atoms with E-state index in [-0.39, 0.29) is 17.9 Å². The third kappa shape index (κ3) is 2.66. The Kier molecular flexibility index (Phi) is 5.08. The fraction of sp³-hybridized carbons (Fsp3) is 0.846. The van der Waals surface area contributed by atoms with Crippen LogP contribution in [0.2, 0.25) is 0 Å². The van der Waals surface area contributed by atoms with Crippen molar-refractivity contribution in [1.29, 1.82) is 0 Å². The predicted molar refractivity (Wildman–Crippen MR) is 75.6 cm³/mol.